The second kappa shape index (κ2) is 9.52. The predicted molar refractivity (Wildman–Crippen MR) is 113 cm³/mol. The van der Waals surface area contributed by atoms with Crippen LogP contribution >= 0.6 is 0 Å². The molecule has 30 heavy (non-hydrogen) atoms. The number of nitroso groups, excluding NO2 is 1. The molecule has 0 fully saturated rings. The van der Waals surface area contributed by atoms with Gasteiger partial charge in [0.05, 0.1) is 5.41 Å². The van der Waals surface area contributed by atoms with Crippen molar-refractivity contribution in [1.29, 1.82) is 0 Å². The monoisotopic (exact) mass is 410 g/mol. The summed E-state index contributed by atoms with van der Waals surface area (Å²) in [7, 11) is 0. The van der Waals surface area contributed by atoms with Gasteiger partial charge in [0.1, 0.15) is 19.8 Å². The summed E-state index contributed by atoms with van der Waals surface area (Å²) < 4.78 is 10.5. The lowest BCUT2D eigenvalue weighted by atomic mass is 9.89. The van der Waals surface area contributed by atoms with Gasteiger partial charge in [-0.1, -0.05) is 53.7 Å². The van der Waals surface area contributed by atoms with Gasteiger partial charge in [-0.3, -0.25) is 4.79 Å². The number of hydrogen-bond donors (Lipinski definition) is 1. The van der Waals surface area contributed by atoms with Crippen LogP contribution in [-0.4, -0.2) is 38.4 Å². The number of hydrogen-bond acceptors (Lipinski definition) is 6. The number of amides is 1. The highest BCUT2D eigenvalue weighted by Gasteiger charge is 2.30. The molecule has 7 heteroatoms. The number of carbonyl (C=O) groups excluding carboxylic acids is 2. The van der Waals surface area contributed by atoms with Gasteiger partial charge in [-0.05, 0) is 42.5 Å². The van der Waals surface area contributed by atoms with E-state index in [-0.39, 0.29) is 32.2 Å². The van der Waals surface area contributed by atoms with Crippen molar-refractivity contribution >= 4 is 12.1 Å². The Bertz CT molecular complexity index is 880. The van der Waals surface area contributed by atoms with Crippen LogP contribution in [0, 0.1) is 10.3 Å². The lowest BCUT2D eigenvalue weighted by Gasteiger charge is -2.22. The molecule has 0 unspecified atom stereocenters. The lowest BCUT2D eigenvalue weighted by molar-refractivity contribution is -0.153. The summed E-state index contributed by atoms with van der Waals surface area (Å²) >= 11 is 0. The highest BCUT2D eigenvalue weighted by Crippen LogP contribution is 2.44. The Morgan fingerprint density at radius 3 is 2.20 bits per heavy atom. The average Bonchev–Trinajstić information content (AvgIpc) is 3.06. The Labute approximate surface area is 175 Å². The standard InChI is InChI=1S/C23H26N2O5/c1-23(2,21(26)29-14-13-25-28)11-12-24-22(27)30-15-20-18-9-5-3-7-16(18)17-8-4-6-10-19(17)20/h3-10,20H,11-15H2,1-2H3,(H,24,27). The zero-order valence-corrected chi connectivity index (χ0v) is 17.2. The number of nitrogens with one attached hydrogen (secondary N) is 1. The van der Waals surface area contributed by atoms with E-state index in [1.54, 1.807) is 13.8 Å². The van der Waals surface area contributed by atoms with Gasteiger partial charge in [-0.25, -0.2) is 4.79 Å². The van der Waals surface area contributed by atoms with Crippen LogP contribution in [0.4, 0.5) is 4.79 Å². The maximum absolute atomic E-state index is 12.2. The number of fused-ring (bicyclic) bond motifs is 3. The largest absolute Gasteiger partial charge is 0.463 e. The van der Waals surface area contributed by atoms with Gasteiger partial charge < -0.3 is 14.8 Å². The number of ether oxygens (including phenoxy) is 2. The van der Waals surface area contributed by atoms with E-state index < -0.39 is 17.5 Å². The Morgan fingerprint density at radius 2 is 1.60 bits per heavy atom. The molecule has 0 saturated heterocycles. The van der Waals surface area contributed by atoms with Crippen LogP contribution in [0.25, 0.3) is 11.1 Å². The minimum atomic E-state index is -0.792. The van der Waals surface area contributed by atoms with Crippen molar-refractivity contribution in [2.24, 2.45) is 10.6 Å². The molecule has 1 aliphatic rings. The number of benzene rings is 2. The molecular formula is C23H26N2O5. The topological polar surface area (TPSA) is 94.1 Å². The maximum Gasteiger partial charge on any atom is 0.407 e. The maximum atomic E-state index is 12.2. The summed E-state index contributed by atoms with van der Waals surface area (Å²) in [6, 6.07) is 16.3. The first-order chi connectivity index (χ1) is 14.4. The van der Waals surface area contributed by atoms with Gasteiger partial charge in [0, 0.05) is 12.5 Å². The first-order valence-corrected chi connectivity index (χ1v) is 9.99. The highest BCUT2D eigenvalue weighted by atomic mass is 16.5. The fourth-order valence-corrected chi connectivity index (χ4v) is 3.60. The zero-order valence-electron chi connectivity index (χ0n) is 17.2. The first kappa shape index (κ1) is 21.5. The molecule has 2 aromatic carbocycles. The number of carbonyl (C=O) groups is 2. The van der Waals surface area contributed by atoms with Crippen molar-refractivity contribution < 1.29 is 19.1 Å². The summed E-state index contributed by atoms with van der Waals surface area (Å²) in [6.07, 6.45) is -0.143. The second-order valence-electron chi connectivity index (χ2n) is 7.87. The van der Waals surface area contributed by atoms with Crippen LogP contribution in [0.1, 0.15) is 37.3 Å². The molecule has 0 radical (unpaired) electrons. The van der Waals surface area contributed by atoms with Crippen LogP contribution in [0.15, 0.2) is 53.7 Å². The summed E-state index contributed by atoms with van der Waals surface area (Å²) in [5, 5.41) is 5.35. The fourth-order valence-electron chi connectivity index (χ4n) is 3.60. The Balaban J connectivity index is 1.50. The Kier molecular flexibility index (Phi) is 6.82. The van der Waals surface area contributed by atoms with Crippen LogP contribution in [0.2, 0.25) is 0 Å². The molecule has 0 aromatic heterocycles. The van der Waals surface area contributed by atoms with Crippen molar-refractivity contribution in [3.05, 3.63) is 64.6 Å². The molecule has 0 atom stereocenters. The van der Waals surface area contributed by atoms with Crippen LogP contribution in [0.3, 0.4) is 0 Å². The average molecular weight is 410 g/mol. The Hall–Kier alpha value is -3.22. The summed E-state index contributed by atoms with van der Waals surface area (Å²) in [5.74, 6) is -0.429. The van der Waals surface area contributed by atoms with Gasteiger partial charge in [-0.15, -0.1) is 0 Å². The smallest absolute Gasteiger partial charge is 0.407 e. The van der Waals surface area contributed by atoms with E-state index in [0.717, 1.165) is 11.1 Å². The highest BCUT2D eigenvalue weighted by molar-refractivity contribution is 5.79. The second-order valence-corrected chi connectivity index (χ2v) is 7.87. The van der Waals surface area contributed by atoms with Gasteiger partial charge in [0.2, 0.25) is 0 Å². The molecule has 3 rings (SSSR count). The summed E-state index contributed by atoms with van der Waals surface area (Å²) in [4.78, 5) is 34.3. The van der Waals surface area contributed by atoms with E-state index in [4.69, 9.17) is 9.47 Å². The molecule has 0 aliphatic heterocycles. The third-order valence-corrected chi connectivity index (χ3v) is 5.33. The molecule has 1 aliphatic carbocycles. The van der Waals surface area contributed by atoms with Gasteiger partial charge >= 0.3 is 12.1 Å². The summed E-state index contributed by atoms with van der Waals surface area (Å²) in [5.41, 5.74) is 3.86. The van der Waals surface area contributed by atoms with Gasteiger partial charge in [0.25, 0.3) is 0 Å². The lowest BCUT2D eigenvalue weighted by Crippen LogP contribution is -2.34. The quantitative estimate of drug-likeness (QED) is 0.379. The van der Waals surface area contributed by atoms with E-state index in [9.17, 15) is 14.5 Å². The number of alkyl carbamates (subject to hydrolysis) is 1. The Morgan fingerprint density at radius 1 is 1.00 bits per heavy atom. The van der Waals surface area contributed by atoms with Crippen LogP contribution < -0.4 is 5.32 Å². The summed E-state index contributed by atoms with van der Waals surface area (Å²) in [6.45, 7) is 3.85. The molecular weight excluding hydrogens is 384 g/mol. The molecule has 7 nitrogen and oxygen atoms in total. The molecule has 1 amide bonds. The van der Waals surface area contributed by atoms with Gasteiger partial charge in [0.15, 0.2) is 0 Å². The minimum Gasteiger partial charge on any atom is -0.463 e. The SMILES string of the molecule is CC(C)(CCNC(=O)OCC1c2ccccc2-c2ccccc21)C(=O)OCCN=O. The van der Waals surface area contributed by atoms with E-state index in [1.807, 2.05) is 24.3 Å². The van der Waals surface area contributed by atoms with Crippen molar-refractivity contribution in [2.75, 3.05) is 26.3 Å². The third-order valence-electron chi connectivity index (χ3n) is 5.33. The number of rotatable bonds is 9. The van der Waals surface area contributed by atoms with E-state index in [2.05, 4.69) is 34.8 Å². The predicted octanol–water partition coefficient (Wildman–Crippen LogP) is 4.25. The van der Waals surface area contributed by atoms with Crippen molar-refractivity contribution in [1.82, 2.24) is 5.32 Å². The van der Waals surface area contributed by atoms with Crippen molar-refractivity contribution in [3.63, 3.8) is 0 Å². The first-order valence-electron chi connectivity index (χ1n) is 9.99. The van der Waals surface area contributed by atoms with Gasteiger partial charge in [-0.2, -0.15) is 4.91 Å². The molecule has 0 heterocycles. The molecule has 1 N–H and O–H groups in total. The zero-order chi connectivity index (χ0) is 21.6. The van der Waals surface area contributed by atoms with Crippen LogP contribution in [0.5, 0.6) is 0 Å². The normalized spacial score (nSPS) is 12.6. The fraction of sp³-hybridized carbons (Fsp3) is 0.391. The van der Waals surface area contributed by atoms with E-state index in [1.165, 1.54) is 11.1 Å². The molecule has 158 valence electrons. The van der Waals surface area contributed by atoms with Crippen molar-refractivity contribution in [3.8, 4) is 11.1 Å². The molecule has 2 aromatic rings. The van der Waals surface area contributed by atoms with Crippen molar-refractivity contribution in [2.45, 2.75) is 26.2 Å². The number of nitrogens with zero attached hydrogens (tertiary/aromatic N) is 1. The third kappa shape index (κ3) is 4.84. The molecule has 0 bridgehead atoms. The molecule has 0 saturated carbocycles. The van der Waals surface area contributed by atoms with Crippen LogP contribution in [-0.2, 0) is 14.3 Å². The van der Waals surface area contributed by atoms with E-state index >= 15 is 0 Å². The number of esters is 1. The molecule has 0 spiro atoms. The minimum absolute atomic E-state index is 0.000924. The van der Waals surface area contributed by atoms with E-state index in [0.29, 0.717) is 6.42 Å².